The molecule has 0 fully saturated rings. The zero-order valence-electron chi connectivity index (χ0n) is 18.8. The molecule has 2 amide bonds. The number of rotatable bonds is 10. The van der Waals surface area contributed by atoms with Crippen molar-refractivity contribution >= 4 is 12.0 Å². The molecule has 1 aliphatic heterocycles. The Morgan fingerprint density at radius 1 is 1.06 bits per heavy atom. The number of nitrogens with one attached hydrogen (secondary N) is 2. The lowest BCUT2D eigenvalue weighted by atomic mass is 9.95. The Morgan fingerprint density at radius 3 is 2.56 bits per heavy atom. The Balaban J connectivity index is 1.81. The molecule has 0 aromatic heterocycles. The number of ether oxygens (including phenoxy) is 3. The van der Waals surface area contributed by atoms with Gasteiger partial charge < -0.3 is 24.8 Å². The molecule has 0 spiro atoms. The Kier molecular flexibility index (Phi) is 8.14. The van der Waals surface area contributed by atoms with Crippen LogP contribution in [0.2, 0.25) is 0 Å². The number of hydrogen-bond donors (Lipinski definition) is 2. The summed E-state index contributed by atoms with van der Waals surface area (Å²) in [5, 5.41) is 5.48. The van der Waals surface area contributed by atoms with Crippen LogP contribution < -0.4 is 20.1 Å². The first kappa shape index (κ1) is 23.2. The third-order valence-electron chi connectivity index (χ3n) is 5.23. The van der Waals surface area contributed by atoms with Crippen LogP contribution in [-0.2, 0) is 16.1 Å². The minimum absolute atomic E-state index is 0.144. The molecule has 0 radical (unpaired) electrons. The maximum Gasteiger partial charge on any atom is 0.338 e. The summed E-state index contributed by atoms with van der Waals surface area (Å²) in [6.07, 6.45) is 3.18. The molecule has 32 heavy (non-hydrogen) atoms. The van der Waals surface area contributed by atoms with Gasteiger partial charge in [-0.2, -0.15) is 0 Å². The monoisotopic (exact) mass is 438 g/mol. The molecule has 1 aliphatic rings. The molecule has 3 rings (SSSR count). The molecule has 170 valence electrons. The normalized spacial score (nSPS) is 15.6. The molecule has 1 unspecified atom stereocenters. The number of hydrogen-bond acceptors (Lipinski definition) is 5. The van der Waals surface area contributed by atoms with Gasteiger partial charge in [-0.25, -0.2) is 9.59 Å². The van der Waals surface area contributed by atoms with Crippen molar-refractivity contribution in [1.29, 1.82) is 0 Å². The van der Waals surface area contributed by atoms with Gasteiger partial charge in [-0.1, -0.05) is 56.2 Å². The highest BCUT2D eigenvalue weighted by molar-refractivity contribution is 5.95. The summed E-state index contributed by atoms with van der Waals surface area (Å²) < 4.78 is 16.9. The predicted octanol–water partition coefficient (Wildman–Crippen LogP) is 4.64. The van der Waals surface area contributed by atoms with Crippen LogP contribution in [0.25, 0.3) is 0 Å². The van der Waals surface area contributed by atoms with E-state index in [1.54, 1.807) is 26.2 Å². The first-order chi connectivity index (χ1) is 15.5. The molecule has 2 aromatic rings. The Labute approximate surface area is 188 Å². The van der Waals surface area contributed by atoms with E-state index in [0.29, 0.717) is 34.9 Å². The summed E-state index contributed by atoms with van der Waals surface area (Å²) in [5.41, 5.74) is 2.38. The van der Waals surface area contributed by atoms with Gasteiger partial charge in [-0.05, 0) is 36.6 Å². The Morgan fingerprint density at radius 2 is 1.84 bits per heavy atom. The molecule has 7 heteroatoms. The largest absolute Gasteiger partial charge is 0.493 e. The van der Waals surface area contributed by atoms with Crippen molar-refractivity contribution in [3.8, 4) is 11.5 Å². The zero-order chi connectivity index (χ0) is 22.9. The summed E-state index contributed by atoms with van der Waals surface area (Å²) in [7, 11) is 1.56. The van der Waals surface area contributed by atoms with E-state index in [-0.39, 0.29) is 12.6 Å². The number of benzene rings is 2. The van der Waals surface area contributed by atoms with Crippen molar-refractivity contribution in [2.45, 2.75) is 45.8 Å². The number of carbonyl (C=O) groups is 2. The van der Waals surface area contributed by atoms with E-state index in [9.17, 15) is 9.59 Å². The molecule has 0 bridgehead atoms. The predicted molar refractivity (Wildman–Crippen MR) is 121 cm³/mol. The number of urea groups is 1. The molecule has 0 saturated heterocycles. The second kappa shape index (κ2) is 11.2. The van der Waals surface area contributed by atoms with Crippen LogP contribution in [0.15, 0.2) is 59.8 Å². The summed E-state index contributed by atoms with van der Waals surface area (Å²) in [5.74, 6) is 0.672. The van der Waals surface area contributed by atoms with Crippen LogP contribution >= 0.6 is 0 Å². The maximum absolute atomic E-state index is 13.0. The van der Waals surface area contributed by atoms with Gasteiger partial charge in [-0.15, -0.1) is 0 Å². The van der Waals surface area contributed by atoms with Crippen LogP contribution in [0.1, 0.15) is 50.3 Å². The molecular weight excluding hydrogens is 408 g/mol. The molecular formula is C25H30N2O5. The number of amides is 2. The fourth-order valence-electron chi connectivity index (χ4n) is 3.53. The maximum atomic E-state index is 13.0. The molecule has 0 aliphatic carbocycles. The molecule has 0 saturated carbocycles. The van der Waals surface area contributed by atoms with Crippen LogP contribution in [0.4, 0.5) is 4.79 Å². The molecule has 1 atom stereocenters. The third-order valence-corrected chi connectivity index (χ3v) is 5.23. The van der Waals surface area contributed by atoms with Crippen molar-refractivity contribution in [2.24, 2.45) is 0 Å². The zero-order valence-corrected chi connectivity index (χ0v) is 18.8. The van der Waals surface area contributed by atoms with E-state index >= 15 is 0 Å². The summed E-state index contributed by atoms with van der Waals surface area (Å²) in [6, 6.07) is 13.8. The quantitative estimate of drug-likeness (QED) is 0.417. The van der Waals surface area contributed by atoms with Gasteiger partial charge in [0.1, 0.15) is 6.61 Å². The number of methoxy groups -OCH3 is 1. The van der Waals surface area contributed by atoms with Gasteiger partial charge in [0.05, 0.1) is 25.3 Å². The van der Waals surface area contributed by atoms with E-state index < -0.39 is 12.0 Å². The lowest BCUT2D eigenvalue weighted by molar-refractivity contribution is -0.140. The fourth-order valence-corrected chi connectivity index (χ4v) is 3.53. The van der Waals surface area contributed by atoms with Crippen molar-refractivity contribution in [3.63, 3.8) is 0 Å². The number of unbranched alkanes of at least 4 members (excludes halogenated alkanes) is 2. The highest BCUT2D eigenvalue weighted by Gasteiger charge is 2.32. The highest BCUT2D eigenvalue weighted by atomic mass is 16.5. The number of allylic oxidation sites excluding steroid dienone is 1. The SMILES string of the molecule is CCCCCOc1ccc(C2NC(=O)NC(C)=C2C(=O)OCc2ccccc2)cc1OC. The van der Waals surface area contributed by atoms with Gasteiger partial charge in [0, 0.05) is 5.70 Å². The Hall–Kier alpha value is -3.48. The van der Waals surface area contributed by atoms with Crippen LogP contribution in [0, 0.1) is 0 Å². The lowest BCUT2D eigenvalue weighted by Crippen LogP contribution is -2.45. The smallest absolute Gasteiger partial charge is 0.338 e. The Bertz CT molecular complexity index is 972. The average molecular weight is 439 g/mol. The van der Waals surface area contributed by atoms with Gasteiger partial charge in [-0.3, -0.25) is 0 Å². The van der Waals surface area contributed by atoms with Gasteiger partial charge >= 0.3 is 12.0 Å². The average Bonchev–Trinajstić information content (AvgIpc) is 2.80. The first-order valence-electron chi connectivity index (χ1n) is 10.8. The molecule has 2 N–H and O–H groups in total. The van der Waals surface area contributed by atoms with Gasteiger partial charge in [0.2, 0.25) is 0 Å². The second-order valence-corrected chi connectivity index (χ2v) is 7.60. The molecule has 2 aromatic carbocycles. The van der Waals surface area contributed by atoms with E-state index in [4.69, 9.17) is 14.2 Å². The third kappa shape index (κ3) is 5.81. The number of carbonyl (C=O) groups excluding carboxylic acids is 2. The van der Waals surface area contributed by atoms with E-state index in [1.807, 2.05) is 36.4 Å². The summed E-state index contributed by atoms with van der Waals surface area (Å²) in [6.45, 7) is 4.57. The molecule has 7 nitrogen and oxygen atoms in total. The van der Waals surface area contributed by atoms with E-state index in [2.05, 4.69) is 17.6 Å². The second-order valence-electron chi connectivity index (χ2n) is 7.60. The van der Waals surface area contributed by atoms with Crippen molar-refractivity contribution in [2.75, 3.05) is 13.7 Å². The van der Waals surface area contributed by atoms with Crippen LogP contribution in [0.3, 0.4) is 0 Å². The van der Waals surface area contributed by atoms with Crippen LogP contribution in [0.5, 0.6) is 11.5 Å². The van der Waals surface area contributed by atoms with Crippen molar-refractivity contribution < 1.29 is 23.8 Å². The van der Waals surface area contributed by atoms with Crippen LogP contribution in [-0.4, -0.2) is 25.7 Å². The van der Waals surface area contributed by atoms with Crippen molar-refractivity contribution in [3.05, 3.63) is 70.9 Å². The van der Waals surface area contributed by atoms with Gasteiger partial charge in [0.15, 0.2) is 11.5 Å². The highest BCUT2D eigenvalue weighted by Crippen LogP contribution is 2.34. The minimum Gasteiger partial charge on any atom is -0.493 e. The minimum atomic E-state index is -0.671. The first-order valence-corrected chi connectivity index (χ1v) is 10.8. The van der Waals surface area contributed by atoms with Gasteiger partial charge in [0.25, 0.3) is 0 Å². The summed E-state index contributed by atoms with van der Waals surface area (Å²) in [4.78, 5) is 25.1. The van der Waals surface area contributed by atoms with E-state index in [0.717, 1.165) is 24.8 Å². The van der Waals surface area contributed by atoms with Crippen molar-refractivity contribution in [1.82, 2.24) is 10.6 Å². The summed E-state index contributed by atoms with van der Waals surface area (Å²) >= 11 is 0. The number of esters is 1. The van der Waals surface area contributed by atoms with E-state index in [1.165, 1.54) is 0 Å². The fraction of sp³-hybridized carbons (Fsp3) is 0.360. The lowest BCUT2D eigenvalue weighted by Gasteiger charge is -2.28. The standard InChI is InChI=1S/C25H30N2O5/c1-4-5-9-14-31-20-13-12-19(15-21(20)30-3)23-22(17(2)26-25(29)27-23)24(28)32-16-18-10-7-6-8-11-18/h6-8,10-13,15,23H,4-5,9,14,16H2,1-3H3,(H2,26,27,29). The molecule has 1 heterocycles. The topological polar surface area (TPSA) is 85.9 Å².